The maximum Gasteiger partial charge on any atom is 0.192 e. The standard InChI is InChI=1S/C17H28O2Si/c1-14-12-15(9-10-16(14)8-7-11-18)13-19-20(5,6)17(2,3)4/h7-10,12,18H,11,13H2,1-6H3/b8-7+. The lowest BCUT2D eigenvalue weighted by Crippen LogP contribution is -2.40. The molecule has 0 amide bonds. The number of aliphatic hydroxyl groups excluding tert-OH is 1. The fourth-order valence-electron chi connectivity index (χ4n) is 1.67. The highest BCUT2D eigenvalue weighted by atomic mass is 28.4. The highest BCUT2D eigenvalue weighted by molar-refractivity contribution is 6.74. The Bertz CT molecular complexity index is 470. The molecule has 0 saturated heterocycles. The Labute approximate surface area is 124 Å². The van der Waals surface area contributed by atoms with Crippen molar-refractivity contribution in [3.63, 3.8) is 0 Å². The highest BCUT2D eigenvalue weighted by Crippen LogP contribution is 2.37. The molecule has 20 heavy (non-hydrogen) atoms. The molecule has 0 fully saturated rings. The van der Waals surface area contributed by atoms with E-state index in [2.05, 4.69) is 59.0 Å². The van der Waals surface area contributed by atoms with E-state index in [-0.39, 0.29) is 11.6 Å². The summed E-state index contributed by atoms with van der Waals surface area (Å²) in [6.45, 7) is 14.2. The zero-order chi connectivity index (χ0) is 15.4. The Kier molecular flexibility index (Phi) is 5.75. The first-order valence-corrected chi connectivity index (χ1v) is 10.1. The van der Waals surface area contributed by atoms with E-state index in [0.717, 1.165) is 5.56 Å². The van der Waals surface area contributed by atoms with Crippen LogP contribution < -0.4 is 0 Å². The van der Waals surface area contributed by atoms with Gasteiger partial charge in [-0.1, -0.05) is 51.1 Å². The Morgan fingerprint density at radius 1 is 1.25 bits per heavy atom. The van der Waals surface area contributed by atoms with E-state index in [0.29, 0.717) is 6.61 Å². The minimum atomic E-state index is -1.69. The summed E-state index contributed by atoms with van der Waals surface area (Å²) in [5.41, 5.74) is 3.58. The minimum Gasteiger partial charge on any atom is -0.413 e. The normalized spacial score (nSPS) is 13.2. The van der Waals surface area contributed by atoms with Crippen LogP contribution in [0.4, 0.5) is 0 Å². The maximum absolute atomic E-state index is 8.82. The van der Waals surface area contributed by atoms with Crippen molar-refractivity contribution < 1.29 is 9.53 Å². The van der Waals surface area contributed by atoms with Gasteiger partial charge in [0.2, 0.25) is 0 Å². The molecule has 1 rings (SSSR count). The molecule has 0 aliphatic rings. The summed E-state index contributed by atoms with van der Waals surface area (Å²) in [5.74, 6) is 0. The first-order chi connectivity index (χ1) is 9.17. The van der Waals surface area contributed by atoms with Gasteiger partial charge < -0.3 is 9.53 Å². The molecule has 112 valence electrons. The molecule has 0 aromatic heterocycles. The first-order valence-electron chi connectivity index (χ1n) is 7.18. The van der Waals surface area contributed by atoms with Gasteiger partial charge >= 0.3 is 0 Å². The molecule has 1 aromatic rings. The SMILES string of the molecule is Cc1cc(CO[Si](C)(C)C(C)(C)C)ccc1/C=C/CO. The fourth-order valence-corrected chi connectivity index (χ4v) is 2.64. The quantitative estimate of drug-likeness (QED) is 0.808. The molecule has 0 unspecified atom stereocenters. The van der Waals surface area contributed by atoms with E-state index in [9.17, 15) is 0 Å². The second-order valence-electron chi connectivity index (χ2n) is 6.82. The predicted molar refractivity (Wildman–Crippen MR) is 89.3 cm³/mol. The molecule has 2 nitrogen and oxygen atoms in total. The van der Waals surface area contributed by atoms with Crippen LogP contribution in [0, 0.1) is 6.92 Å². The minimum absolute atomic E-state index is 0.0790. The van der Waals surface area contributed by atoms with E-state index in [4.69, 9.17) is 9.53 Å². The van der Waals surface area contributed by atoms with Crippen LogP contribution in [0.5, 0.6) is 0 Å². The Morgan fingerprint density at radius 3 is 2.40 bits per heavy atom. The molecule has 1 N–H and O–H groups in total. The average molecular weight is 292 g/mol. The summed E-state index contributed by atoms with van der Waals surface area (Å²) in [4.78, 5) is 0. The van der Waals surface area contributed by atoms with E-state index < -0.39 is 8.32 Å². The third kappa shape index (κ3) is 4.58. The molecule has 3 heteroatoms. The zero-order valence-corrected chi connectivity index (χ0v) is 14.7. The lowest BCUT2D eigenvalue weighted by Gasteiger charge is -2.36. The van der Waals surface area contributed by atoms with Gasteiger partial charge in [0, 0.05) is 0 Å². The smallest absolute Gasteiger partial charge is 0.192 e. The van der Waals surface area contributed by atoms with Crippen LogP contribution in [0.1, 0.15) is 37.5 Å². The third-order valence-corrected chi connectivity index (χ3v) is 8.62. The van der Waals surface area contributed by atoms with Crippen LogP contribution >= 0.6 is 0 Å². The largest absolute Gasteiger partial charge is 0.413 e. The van der Waals surface area contributed by atoms with Gasteiger partial charge in [-0.2, -0.15) is 0 Å². The molecule has 0 aliphatic carbocycles. The van der Waals surface area contributed by atoms with Crippen molar-refractivity contribution in [1.29, 1.82) is 0 Å². The summed E-state index contributed by atoms with van der Waals surface area (Å²) in [5, 5.41) is 9.06. The number of aliphatic hydroxyl groups is 1. The van der Waals surface area contributed by atoms with Gasteiger partial charge in [-0.15, -0.1) is 0 Å². The van der Waals surface area contributed by atoms with E-state index in [1.165, 1.54) is 11.1 Å². The van der Waals surface area contributed by atoms with Crippen LogP contribution in [-0.2, 0) is 11.0 Å². The van der Waals surface area contributed by atoms with Crippen LogP contribution in [-0.4, -0.2) is 20.0 Å². The molecule has 0 atom stereocenters. The van der Waals surface area contributed by atoms with Gasteiger partial charge in [0.1, 0.15) is 0 Å². The van der Waals surface area contributed by atoms with Crippen molar-refractivity contribution >= 4 is 14.4 Å². The Hall–Kier alpha value is -0.903. The van der Waals surface area contributed by atoms with Gasteiger partial charge in [0.25, 0.3) is 0 Å². The van der Waals surface area contributed by atoms with Gasteiger partial charge in [-0.3, -0.25) is 0 Å². The molecule has 1 aromatic carbocycles. The molecular formula is C17H28O2Si. The summed E-state index contributed by atoms with van der Waals surface area (Å²) in [6.07, 6.45) is 3.71. The summed E-state index contributed by atoms with van der Waals surface area (Å²) in [7, 11) is -1.69. The fraction of sp³-hybridized carbons (Fsp3) is 0.529. The second-order valence-corrected chi connectivity index (χ2v) is 11.6. The van der Waals surface area contributed by atoms with Crippen molar-refractivity contribution in [3.8, 4) is 0 Å². The van der Waals surface area contributed by atoms with E-state index in [1.807, 2.05) is 6.08 Å². The molecule has 0 saturated carbocycles. The van der Waals surface area contributed by atoms with Crippen LogP contribution in [0.2, 0.25) is 18.1 Å². The Balaban J connectivity index is 2.76. The number of aryl methyl sites for hydroxylation is 1. The monoisotopic (exact) mass is 292 g/mol. The van der Waals surface area contributed by atoms with Gasteiger partial charge in [0.05, 0.1) is 13.2 Å². The molecule has 0 heterocycles. The van der Waals surface area contributed by atoms with Crippen molar-refractivity contribution in [2.75, 3.05) is 6.61 Å². The van der Waals surface area contributed by atoms with Crippen LogP contribution in [0.15, 0.2) is 24.3 Å². The summed E-state index contributed by atoms with van der Waals surface area (Å²) in [6, 6.07) is 6.37. The molecule has 0 radical (unpaired) electrons. The number of hydrogen-bond acceptors (Lipinski definition) is 2. The van der Waals surface area contributed by atoms with E-state index in [1.54, 1.807) is 6.08 Å². The third-order valence-electron chi connectivity index (χ3n) is 4.14. The number of rotatable bonds is 5. The summed E-state index contributed by atoms with van der Waals surface area (Å²) >= 11 is 0. The zero-order valence-electron chi connectivity index (χ0n) is 13.7. The van der Waals surface area contributed by atoms with Crippen molar-refractivity contribution in [2.24, 2.45) is 0 Å². The van der Waals surface area contributed by atoms with Gasteiger partial charge in [0.15, 0.2) is 8.32 Å². The lowest BCUT2D eigenvalue weighted by atomic mass is 10.1. The van der Waals surface area contributed by atoms with E-state index >= 15 is 0 Å². The van der Waals surface area contributed by atoms with Crippen molar-refractivity contribution in [1.82, 2.24) is 0 Å². The first kappa shape index (κ1) is 17.1. The molecule has 0 bridgehead atoms. The van der Waals surface area contributed by atoms with Crippen molar-refractivity contribution in [2.45, 2.75) is 52.4 Å². The van der Waals surface area contributed by atoms with Crippen LogP contribution in [0.3, 0.4) is 0 Å². The molecule has 0 spiro atoms. The van der Waals surface area contributed by atoms with Gasteiger partial charge in [-0.05, 0) is 41.7 Å². The molecule has 0 aliphatic heterocycles. The van der Waals surface area contributed by atoms with Gasteiger partial charge in [-0.25, -0.2) is 0 Å². The lowest BCUT2D eigenvalue weighted by molar-refractivity contribution is 0.276. The second kappa shape index (κ2) is 6.70. The average Bonchev–Trinajstić information content (AvgIpc) is 2.34. The predicted octanol–water partition coefficient (Wildman–Crippen LogP) is 4.52. The highest BCUT2D eigenvalue weighted by Gasteiger charge is 2.36. The maximum atomic E-state index is 8.82. The number of benzene rings is 1. The molecular weight excluding hydrogens is 264 g/mol. The van der Waals surface area contributed by atoms with Crippen LogP contribution in [0.25, 0.3) is 6.08 Å². The topological polar surface area (TPSA) is 29.5 Å². The Morgan fingerprint density at radius 2 is 1.90 bits per heavy atom. The summed E-state index contributed by atoms with van der Waals surface area (Å²) < 4.78 is 6.24. The number of hydrogen-bond donors (Lipinski definition) is 1. The van der Waals surface area contributed by atoms with Crippen molar-refractivity contribution in [3.05, 3.63) is 41.0 Å².